The number of hydrogen-bond donors (Lipinski definition) is 1. The first-order valence-corrected chi connectivity index (χ1v) is 14.1. The van der Waals surface area contributed by atoms with E-state index >= 15 is 0 Å². The largest absolute Gasteiger partial charge is 0.356 e. The third kappa shape index (κ3) is 4.48. The number of hydrogen-bond acceptors (Lipinski definition) is 1. The van der Waals surface area contributed by atoms with Gasteiger partial charge in [-0.2, -0.15) is 0 Å². The predicted octanol–water partition coefficient (Wildman–Crippen LogP) is 11.4. The number of benzene rings is 8. The van der Waals surface area contributed by atoms with Crippen molar-refractivity contribution >= 4 is 54.5 Å². The van der Waals surface area contributed by atoms with E-state index in [1.165, 1.54) is 65.3 Å². The maximum absolute atomic E-state index is 3.56. The third-order valence-corrected chi connectivity index (χ3v) is 8.13. The fraction of sp³-hybridized carbons (Fsp3) is 0. The van der Waals surface area contributed by atoms with Crippen LogP contribution in [0.15, 0.2) is 158 Å². The van der Waals surface area contributed by atoms with E-state index in [-0.39, 0.29) is 0 Å². The average molecular weight is 522 g/mol. The fourth-order valence-corrected chi connectivity index (χ4v) is 5.90. The molecule has 192 valence electrons. The van der Waals surface area contributed by atoms with Crippen LogP contribution in [0.3, 0.4) is 0 Å². The minimum absolute atomic E-state index is 1.07. The second-order valence-electron chi connectivity index (χ2n) is 10.8. The van der Waals surface area contributed by atoms with Gasteiger partial charge in [0.15, 0.2) is 0 Å². The van der Waals surface area contributed by atoms with Crippen LogP contribution in [0.25, 0.3) is 65.3 Å². The third-order valence-electron chi connectivity index (χ3n) is 8.13. The zero-order valence-electron chi connectivity index (χ0n) is 22.5. The van der Waals surface area contributed by atoms with Gasteiger partial charge in [-0.1, -0.05) is 97.1 Å². The maximum atomic E-state index is 3.56. The lowest BCUT2D eigenvalue weighted by Gasteiger charge is -2.10. The Morgan fingerprint density at radius 3 is 0.951 bits per heavy atom. The molecule has 8 aromatic carbocycles. The van der Waals surface area contributed by atoms with Crippen LogP contribution in [-0.4, -0.2) is 0 Å². The number of fused-ring (bicyclic) bond motifs is 4. The van der Waals surface area contributed by atoms with Gasteiger partial charge in [0.05, 0.1) is 0 Å². The molecule has 8 aromatic rings. The standard InChI is InChI=1S/C40H27N/c1-3-7-31-23-37-25-33(9-11-35(37)21-29(31)5-1)27-13-17-39(18-14-27)41-40-19-15-28(16-20-40)34-10-12-36-22-30-6-2-4-8-32(30)24-38(36)26-34/h1-26,41H. The van der Waals surface area contributed by atoms with Gasteiger partial charge in [0.25, 0.3) is 0 Å². The summed E-state index contributed by atoms with van der Waals surface area (Å²) in [5.41, 5.74) is 7.03. The maximum Gasteiger partial charge on any atom is 0.0384 e. The molecule has 0 bridgehead atoms. The Kier molecular flexibility index (Phi) is 5.53. The Hall–Kier alpha value is -5.40. The summed E-state index contributed by atoms with van der Waals surface area (Å²) in [6.45, 7) is 0. The molecule has 0 spiro atoms. The van der Waals surface area contributed by atoms with Crippen molar-refractivity contribution in [2.24, 2.45) is 0 Å². The van der Waals surface area contributed by atoms with Gasteiger partial charge in [0.2, 0.25) is 0 Å². The van der Waals surface area contributed by atoms with Crippen molar-refractivity contribution in [3.8, 4) is 22.3 Å². The van der Waals surface area contributed by atoms with Gasteiger partial charge in [-0.25, -0.2) is 0 Å². The van der Waals surface area contributed by atoms with Crippen molar-refractivity contribution < 1.29 is 0 Å². The molecule has 0 heterocycles. The van der Waals surface area contributed by atoms with Crippen LogP contribution in [0, 0.1) is 0 Å². The average Bonchev–Trinajstić information content (AvgIpc) is 3.03. The van der Waals surface area contributed by atoms with E-state index in [9.17, 15) is 0 Å². The van der Waals surface area contributed by atoms with E-state index in [1.807, 2.05) is 0 Å². The molecule has 0 fully saturated rings. The molecule has 0 aliphatic carbocycles. The van der Waals surface area contributed by atoms with Crippen LogP contribution in [0.1, 0.15) is 0 Å². The van der Waals surface area contributed by atoms with Crippen molar-refractivity contribution in [1.29, 1.82) is 0 Å². The minimum Gasteiger partial charge on any atom is -0.356 e. The van der Waals surface area contributed by atoms with E-state index in [4.69, 9.17) is 0 Å². The highest BCUT2D eigenvalue weighted by molar-refractivity contribution is 6.01. The Labute approximate surface area is 239 Å². The molecule has 0 radical (unpaired) electrons. The molecule has 0 saturated carbocycles. The summed E-state index contributed by atoms with van der Waals surface area (Å²) in [5.74, 6) is 0. The summed E-state index contributed by atoms with van der Waals surface area (Å²) in [5, 5.41) is 13.7. The highest BCUT2D eigenvalue weighted by Crippen LogP contribution is 2.31. The molecule has 1 heteroatoms. The van der Waals surface area contributed by atoms with E-state index < -0.39 is 0 Å². The van der Waals surface area contributed by atoms with Gasteiger partial charge in [-0.05, 0) is 126 Å². The zero-order chi connectivity index (χ0) is 27.2. The highest BCUT2D eigenvalue weighted by Gasteiger charge is 2.05. The van der Waals surface area contributed by atoms with Crippen molar-refractivity contribution in [1.82, 2.24) is 0 Å². The molecular weight excluding hydrogens is 494 g/mol. The smallest absolute Gasteiger partial charge is 0.0384 e. The van der Waals surface area contributed by atoms with E-state index in [1.54, 1.807) is 0 Å². The van der Waals surface area contributed by atoms with Crippen LogP contribution in [-0.2, 0) is 0 Å². The number of nitrogens with one attached hydrogen (secondary N) is 1. The van der Waals surface area contributed by atoms with Crippen molar-refractivity contribution in [2.75, 3.05) is 5.32 Å². The molecule has 0 unspecified atom stereocenters. The molecule has 0 amide bonds. The molecule has 1 nitrogen and oxygen atoms in total. The van der Waals surface area contributed by atoms with Gasteiger partial charge in [-0.3, -0.25) is 0 Å². The van der Waals surface area contributed by atoms with Crippen LogP contribution >= 0.6 is 0 Å². The van der Waals surface area contributed by atoms with Gasteiger partial charge >= 0.3 is 0 Å². The Morgan fingerprint density at radius 1 is 0.244 bits per heavy atom. The quantitative estimate of drug-likeness (QED) is 0.227. The van der Waals surface area contributed by atoms with Crippen molar-refractivity contribution in [3.63, 3.8) is 0 Å². The van der Waals surface area contributed by atoms with Crippen LogP contribution in [0.5, 0.6) is 0 Å². The lowest BCUT2D eigenvalue weighted by atomic mass is 9.98. The summed E-state index contributed by atoms with van der Waals surface area (Å²) in [4.78, 5) is 0. The molecule has 41 heavy (non-hydrogen) atoms. The summed E-state index contributed by atoms with van der Waals surface area (Å²) in [6.07, 6.45) is 0. The topological polar surface area (TPSA) is 12.0 Å². The summed E-state index contributed by atoms with van der Waals surface area (Å²) in [7, 11) is 0. The second-order valence-corrected chi connectivity index (χ2v) is 10.8. The zero-order valence-corrected chi connectivity index (χ0v) is 22.5. The predicted molar refractivity (Wildman–Crippen MR) is 177 cm³/mol. The SMILES string of the molecule is c1ccc2cc3cc(-c4ccc(Nc5ccc(-c6ccc7cc8ccccc8cc7c6)cc5)cc4)ccc3cc2c1. The van der Waals surface area contributed by atoms with E-state index in [2.05, 4.69) is 163 Å². The molecule has 0 aliphatic rings. The minimum atomic E-state index is 1.07. The van der Waals surface area contributed by atoms with E-state index in [0.717, 1.165) is 11.4 Å². The first-order chi connectivity index (χ1) is 20.2. The highest BCUT2D eigenvalue weighted by atomic mass is 14.9. The number of anilines is 2. The van der Waals surface area contributed by atoms with E-state index in [0.29, 0.717) is 0 Å². The number of rotatable bonds is 4. The summed E-state index contributed by atoms with van der Waals surface area (Å²) >= 11 is 0. The molecule has 0 saturated heterocycles. The van der Waals surface area contributed by atoms with Crippen molar-refractivity contribution in [3.05, 3.63) is 158 Å². The van der Waals surface area contributed by atoms with Crippen molar-refractivity contribution in [2.45, 2.75) is 0 Å². The first-order valence-electron chi connectivity index (χ1n) is 14.1. The molecule has 0 atom stereocenters. The van der Waals surface area contributed by atoms with Crippen LogP contribution in [0.2, 0.25) is 0 Å². The van der Waals surface area contributed by atoms with Crippen LogP contribution in [0.4, 0.5) is 11.4 Å². The summed E-state index contributed by atoms with van der Waals surface area (Å²) in [6, 6.07) is 57.1. The molecule has 0 aliphatic heterocycles. The molecule has 0 aromatic heterocycles. The Bertz CT molecular complexity index is 2050. The lowest BCUT2D eigenvalue weighted by Crippen LogP contribution is -1.90. The van der Waals surface area contributed by atoms with Gasteiger partial charge in [0, 0.05) is 11.4 Å². The van der Waals surface area contributed by atoms with Gasteiger partial charge < -0.3 is 5.32 Å². The van der Waals surface area contributed by atoms with Gasteiger partial charge in [0.1, 0.15) is 0 Å². The lowest BCUT2D eigenvalue weighted by molar-refractivity contribution is 1.54. The monoisotopic (exact) mass is 521 g/mol. The summed E-state index contributed by atoms with van der Waals surface area (Å²) < 4.78 is 0. The first kappa shape index (κ1) is 23.5. The fourth-order valence-electron chi connectivity index (χ4n) is 5.90. The van der Waals surface area contributed by atoms with Gasteiger partial charge in [-0.15, -0.1) is 0 Å². The normalized spacial score (nSPS) is 11.4. The molecule has 1 N–H and O–H groups in total. The Morgan fingerprint density at radius 2 is 0.561 bits per heavy atom. The van der Waals surface area contributed by atoms with Crippen LogP contribution < -0.4 is 5.32 Å². The molecule has 8 rings (SSSR count). The molecular formula is C40H27N. The Balaban J connectivity index is 1.01. The second kappa shape index (κ2) is 9.66.